The molecular weight excluding hydrogens is 230 g/mol. The van der Waals surface area contributed by atoms with Crippen LogP contribution in [0.4, 0.5) is 0 Å². The number of hydrogen-bond acceptors (Lipinski definition) is 4. The second-order valence-corrected chi connectivity index (χ2v) is 3.00. The minimum atomic E-state index is 0. The molecule has 1 rings (SSSR count). The van der Waals surface area contributed by atoms with E-state index in [1.54, 1.807) is 0 Å². The summed E-state index contributed by atoms with van der Waals surface area (Å²) in [7, 11) is 0. The van der Waals surface area contributed by atoms with Gasteiger partial charge >= 0.3 is 103 Å². The molecule has 0 aromatic carbocycles. The van der Waals surface area contributed by atoms with Crippen molar-refractivity contribution in [2.45, 2.75) is 0 Å². The number of hydrogen-bond donors (Lipinski definition) is 4. The Hall–Kier alpha value is 3.11. The van der Waals surface area contributed by atoms with E-state index in [2.05, 4.69) is 21.3 Å². The molecule has 76 valence electrons. The minimum absolute atomic E-state index is 0. The Morgan fingerprint density at radius 1 is 0.429 bits per heavy atom. The summed E-state index contributed by atoms with van der Waals surface area (Å²) in [5, 5.41) is 13.4. The zero-order valence-corrected chi connectivity index (χ0v) is 15.9. The third-order valence-electron chi connectivity index (χ3n) is 1.91. The first-order valence-corrected chi connectivity index (χ1v) is 4.83. The van der Waals surface area contributed by atoms with Crippen LogP contribution in [0.25, 0.3) is 0 Å². The topological polar surface area (TPSA) is 48.1 Å². The molecule has 0 unspecified atom stereocenters. The van der Waals surface area contributed by atoms with E-state index in [0.29, 0.717) is 0 Å². The zero-order chi connectivity index (χ0) is 8.49. The van der Waals surface area contributed by atoms with E-state index < -0.39 is 0 Å². The van der Waals surface area contributed by atoms with Crippen LogP contribution in [0.3, 0.4) is 0 Å². The van der Waals surface area contributed by atoms with Crippen LogP contribution < -0.4 is 124 Å². The fraction of sp³-hybridized carbons (Fsp3) is 1.00. The first-order chi connectivity index (χ1) is 6.00. The molecule has 0 aromatic rings. The largest absolute Gasteiger partial charge is 1.00 e. The molecule has 0 aromatic heterocycles. The molecule has 0 saturated carbocycles. The van der Waals surface area contributed by atoms with Crippen molar-refractivity contribution >= 4 is 0 Å². The molecule has 4 nitrogen and oxygen atoms in total. The van der Waals surface area contributed by atoms with Crippen molar-refractivity contribution in [1.29, 1.82) is 0 Å². The molecule has 0 spiro atoms. The average Bonchev–Trinajstić information content (AvgIpc) is 2.05. The maximum atomic E-state index is 3.36. The molecule has 0 radical (unpaired) electrons. The smallest absolute Gasteiger partial charge is 1.00 e. The molecule has 14 heavy (non-hydrogen) atoms. The number of rotatable bonds is 0. The summed E-state index contributed by atoms with van der Waals surface area (Å²) in [4.78, 5) is 0. The average molecular weight is 252 g/mol. The van der Waals surface area contributed by atoms with Gasteiger partial charge in [0.15, 0.2) is 0 Å². The fourth-order valence-corrected chi connectivity index (χ4v) is 1.21. The fourth-order valence-electron chi connectivity index (χ4n) is 1.21. The summed E-state index contributed by atoms with van der Waals surface area (Å²) < 4.78 is 0. The van der Waals surface area contributed by atoms with Gasteiger partial charge in [0.25, 0.3) is 0 Å². The van der Waals surface area contributed by atoms with Crippen molar-refractivity contribution in [2.75, 3.05) is 52.4 Å². The standard InChI is InChI=1S/C8H20N4.2K.2H/c1-2-10-5-6-12-8-7-11-4-3-9-1;;;;/h9-12H,1-8H2;;;;/q;2*+1;2*-1. The number of nitrogens with one attached hydrogen (secondary N) is 4. The van der Waals surface area contributed by atoms with Crippen LogP contribution >= 0.6 is 0 Å². The van der Waals surface area contributed by atoms with Gasteiger partial charge in [-0.25, -0.2) is 0 Å². The maximum Gasteiger partial charge on any atom is 1.00 e. The van der Waals surface area contributed by atoms with Crippen LogP contribution in [0.5, 0.6) is 0 Å². The summed E-state index contributed by atoms with van der Waals surface area (Å²) in [5.41, 5.74) is 0. The summed E-state index contributed by atoms with van der Waals surface area (Å²) in [5.74, 6) is 0. The van der Waals surface area contributed by atoms with Crippen molar-refractivity contribution in [1.82, 2.24) is 21.3 Å². The van der Waals surface area contributed by atoms with Crippen LogP contribution in [0.15, 0.2) is 0 Å². The Balaban J connectivity index is -0.000000180. The quantitative estimate of drug-likeness (QED) is 0.324. The van der Waals surface area contributed by atoms with Gasteiger partial charge in [-0.05, 0) is 0 Å². The van der Waals surface area contributed by atoms with Crippen molar-refractivity contribution in [3.05, 3.63) is 0 Å². The SMILES string of the molecule is C1CNCCNCCNCCN1.[H-].[H-].[K+].[K+]. The Morgan fingerprint density at radius 3 is 0.714 bits per heavy atom. The normalized spacial score (nSPS) is 20.6. The molecule has 1 aliphatic heterocycles. The monoisotopic (exact) mass is 252 g/mol. The van der Waals surface area contributed by atoms with Crippen molar-refractivity contribution < 1.29 is 106 Å². The van der Waals surface area contributed by atoms with Crippen molar-refractivity contribution in [2.24, 2.45) is 0 Å². The van der Waals surface area contributed by atoms with E-state index >= 15 is 0 Å². The molecule has 0 amide bonds. The van der Waals surface area contributed by atoms with E-state index in [1.165, 1.54) is 0 Å². The van der Waals surface area contributed by atoms with Crippen LogP contribution in [-0.2, 0) is 0 Å². The van der Waals surface area contributed by atoms with E-state index in [0.717, 1.165) is 52.4 Å². The molecular formula is C8H22K2N4. The molecule has 1 heterocycles. The van der Waals surface area contributed by atoms with Crippen molar-refractivity contribution in [3.63, 3.8) is 0 Å². The van der Waals surface area contributed by atoms with Gasteiger partial charge in [0.1, 0.15) is 0 Å². The summed E-state index contributed by atoms with van der Waals surface area (Å²) in [6.45, 7) is 8.57. The predicted octanol–water partition coefficient (Wildman–Crippen LogP) is -7.41. The molecule has 0 aliphatic carbocycles. The van der Waals surface area contributed by atoms with E-state index in [1.807, 2.05) is 0 Å². The van der Waals surface area contributed by atoms with E-state index in [-0.39, 0.29) is 106 Å². The van der Waals surface area contributed by atoms with Gasteiger partial charge in [-0.2, -0.15) is 0 Å². The van der Waals surface area contributed by atoms with Gasteiger partial charge in [-0.3, -0.25) is 0 Å². The molecule has 4 N–H and O–H groups in total. The summed E-state index contributed by atoms with van der Waals surface area (Å²) in [6, 6.07) is 0. The van der Waals surface area contributed by atoms with Crippen LogP contribution in [0, 0.1) is 0 Å². The summed E-state index contributed by atoms with van der Waals surface area (Å²) >= 11 is 0. The zero-order valence-electron chi connectivity index (χ0n) is 11.7. The Labute approximate surface area is 175 Å². The first kappa shape index (κ1) is 19.5. The Kier molecular flexibility index (Phi) is 22.4. The van der Waals surface area contributed by atoms with Gasteiger partial charge in [0.2, 0.25) is 0 Å². The van der Waals surface area contributed by atoms with Gasteiger partial charge in [0, 0.05) is 52.4 Å². The van der Waals surface area contributed by atoms with E-state index in [9.17, 15) is 0 Å². The molecule has 1 fully saturated rings. The van der Waals surface area contributed by atoms with Crippen LogP contribution in [0.1, 0.15) is 2.85 Å². The summed E-state index contributed by atoms with van der Waals surface area (Å²) in [6.07, 6.45) is 0. The van der Waals surface area contributed by atoms with Gasteiger partial charge < -0.3 is 24.1 Å². The molecule has 1 aliphatic rings. The van der Waals surface area contributed by atoms with Gasteiger partial charge in [-0.1, -0.05) is 0 Å². The first-order valence-electron chi connectivity index (χ1n) is 4.83. The molecule has 0 bridgehead atoms. The minimum Gasteiger partial charge on any atom is -1.00 e. The predicted molar refractivity (Wildman–Crippen MR) is 53.7 cm³/mol. The van der Waals surface area contributed by atoms with E-state index in [4.69, 9.17) is 0 Å². The molecule has 1 saturated heterocycles. The van der Waals surface area contributed by atoms with Gasteiger partial charge in [-0.15, -0.1) is 0 Å². The van der Waals surface area contributed by atoms with Gasteiger partial charge in [0.05, 0.1) is 0 Å². The van der Waals surface area contributed by atoms with Crippen LogP contribution in [-0.4, -0.2) is 52.4 Å². The molecule has 0 atom stereocenters. The second kappa shape index (κ2) is 16.1. The van der Waals surface area contributed by atoms with Crippen LogP contribution in [0.2, 0.25) is 0 Å². The molecule has 6 heteroatoms. The third kappa shape index (κ3) is 13.2. The van der Waals surface area contributed by atoms with Crippen molar-refractivity contribution in [3.8, 4) is 0 Å². The Morgan fingerprint density at radius 2 is 0.571 bits per heavy atom. The third-order valence-corrected chi connectivity index (χ3v) is 1.91. The maximum absolute atomic E-state index is 3.36. The Bertz CT molecular complexity index is 71.0. The second-order valence-electron chi connectivity index (χ2n) is 3.00.